The zero-order valence-corrected chi connectivity index (χ0v) is 12.0. The van der Waals surface area contributed by atoms with Gasteiger partial charge < -0.3 is 20.5 Å². The molecule has 0 aliphatic carbocycles. The van der Waals surface area contributed by atoms with Gasteiger partial charge in [-0.2, -0.15) is 0 Å². The SMILES string of the molecule is CC(C)(C)NC(=S)Nc1ccc(OCC(=O)O)cc1. The lowest BCUT2D eigenvalue weighted by atomic mass is 10.1. The molecule has 0 aromatic heterocycles. The Kier molecular flexibility index (Phi) is 5.11. The minimum Gasteiger partial charge on any atom is -0.482 e. The first-order valence-electron chi connectivity index (χ1n) is 5.80. The zero-order chi connectivity index (χ0) is 14.5. The van der Waals surface area contributed by atoms with E-state index in [1.54, 1.807) is 24.3 Å². The molecule has 19 heavy (non-hydrogen) atoms. The van der Waals surface area contributed by atoms with Crippen LogP contribution in [0, 0.1) is 0 Å². The monoisotopic (exact) mass is 282 g/mol. The molecule has 0 spiro atoms. The van der Waals surface area contributed by atoms with E-state index in [1.807, 2.05) is 20.8 Å². The predicted molar refractivity (Wildman–Crippen MR) is 78.7 cm³/mol. The Balaban J connectivity index is 2.52. The molecule has 0 aliphatic heterocycles. The van der Waals surface area contributed by atoms with Crippen LogP contribution in [0.1, 0.15) is 20.8 Å². The van der Waals surface area contributed by atoms with Gasteiger partial charge in [0, 0.05) is 11.2 Å². The normalized spacial score (nSPS) is 10.7. The van der Waals surface area contributed by atoms with E-state index in [0.717, 1.165) is 5.69 Å². The lowest BCUT2D eigenvalue weighted by molar-refractivity contribution is -0.139. The second-order valence-electron chi connectivity index (χ2n) is 5.04. The maximum atomic E-state index is 10.4. The highest BCUT2D eigenvalue weighted by atomic mass is 32.1. The third-order valence-electron chi connectivity index (χ3n) is 1.96. The number of benzene rings is 1. The number of aliphatic carboxylic acids is 1. The van der Waals surface area contributed by atoms with Crippen molar-refractivity contribution in [3.05, 3.63) is 24.3 Å². The third-order valence-corrected chi connectivity index (χ3v) is 2.17. The van der Waals surface area contributed by atoms with Gasteiger partial charge in [0.05, 0.1) is 0 Å². The van der Waals surface area contributed by atoms with E-state index in [0.29, 0.717) is 10.9 Å². The minimum absolute atomic E-state index is 0.103. The Labute approximate surface area is 118 Å². The number of rotatable bonds is 4. The Bertz CT molecular complexity index is 452. The fourth-order valence-corrected chi connectivity index (χ4v) is 1.71. The zero-order valence-electron chi connectivity index (χ0n) is 11.2. The molecular weight excluding hydrogens is 264 g/mol. The number of ether oxygens (including phenoxy) is 1. The molecule has 5 nitrogen and oxygen atoms in total. The molecule has 104 valence electrons. The molecule has 0 saturated carbocycles. The summed E-state index contributed by atoms with van der Waals surface area (Å²) in [5.41, 5.74) is 0.707. The van der Waals surface area contributed by atoms with Crippen molar-refractivity contribution < 1.29 is 14.6 Å². The van der Waals surface area contributed by atoms with E-state index in [4.69, 9.17) is 22.1 Å². The van der Waals surface area contributed by atoms with Gasteiger partial charge in [-0.1, -0.05) is 0 Å². The lowest BCUT2D eigenvalue weighted by Gasteiger charge is -2.23. The second kappa shape index (κ2) is 6.38. The summed E-state index contributed by atoms with van der Waals surface area (Å²) in [6.45, 7) is 5.70. The van der Waals surface area contributed by atoms with Crippen molar-refractivity contribution in [3.8, 4) is 5.75 Å². The summed E-state index contributed by atoms with van der Waals surface area (Å²) in [4.78, 5) is 10.4. The number of anilines is 1. The van der Waals surface area contributed by atoms with Crippen LogP contribution in [-0.2, 0) is 4.79 Å². The standard InChI is InChI=1S/C13H18N2O3S/c1-13(2,3)15-12(19)14-9-4-6-10(7-5-9)18-8-11(16)17/h4-7H,8H2,1-3H3,(H,16,17)(H2,14,15,19). The quantitative estimate of drug-likeness (QED) is 0.736. The van der Waals surface area contributed by atoms with Crippen LogP contribution < -0.4 is 15.4 Å². The summed E-state index contributed by atoms with van der Waals surface area (Å²) < 4.78 is 5.03. The number of carboxylic acid groups (broad SMARTS) is 1. The maximum Gasteiger partial charge on any atom is 0.341 e. The maximum absolute atomic E-state index is 10.4. The smallest absolute Gasteiger partial charge is 0.341 e. The van der Waals surface area contributed by atoms with Crippen LogP contribution in [0.4, 0.5) is 5.69 Å². The van der Waals surface area contributed by atoms with Crippen molar-refractivity contribution in [2.24, 2.45) is 0 Å². The number of hydrogen-bond donors (Lipinski definition) is 3. The number of carbonyl (C=O) groups is 1. The molecule has 0 atom stereocenters. The largest absolute Gasteiger partial charge is 0.482 e. The average molecular weight is 282 g/mol. The van der Waals surface area contributed by atoms with Crippen molar-refractivity contribution in [2.75, 3.05) is 11.9 Å². The molecule has 1 rings (SSSR count). The first kappa shape index (κ1) is 15.2. The highest BCUT2D eigenvalue weighted by Crippen LogP contribution is 2.15. The summed E-state index contributed by atoms with van der Waals surface area (Å²) in [5.74, 6) is -0.500. The Morgan fingerprint density at radius 3 is 2.37 bits per heavy atom. The number of hydrogen-bond acceptors (Lipinski definition) is 3. The molecular formula is C13H18N2O3S. The van der Waals surface area contributed by atoms with Crippen LogP contribution >= 0.6 is 12.2 Å². The molecule has 0 saturated heterocycles. The Hall–Kier alpha value is -1.82. The van der Waals surface area contributed by atoms with Gasteiger partial charge in [0.1, 0.15) is 5.75 Å². The van der Waals surface area contributed by atoms with Crippen molar-refractivity contribution in [2.45, 2.75) is 26.3 Å². The Morgan fingerprint density at radius 1 is 1.32 bits per heavy atom. The fourth-order valence-electron chi connectivity index (χ4n) is 1.28. The van der Waals surface area contributed by atoms with Crippen molar-refractivity contribution in [1.29, 1.82) is 0 Å². The summed E-state index contributed by atoms with van der Waals surface area (Å²) in [5, 5.41) is 15.2. The van der Waals surface area contributed by atoms with Gasteiger partial charge >= 0.3 is 5.97 Å². The van der Waals surface area contributed by atoms with E-state index < -0.39 is 5.97 Å². The van der Waals surface area contributed by atoms with E-state index in [9.17, 15) is 4.79 Å². The van der Waals surface area contributed by atoms with Crippen LogP contribution in [0.15, 0.2) is 24.3 Å². The van der Waals surface area contributed by atoms with Gasteiger partial charge in [0.15, 0.2) is 11.7 Å². The van der Waals surface area contributed by atoms with Crippen LogP contribution in [-0.4, -0.2) is 28.3 Å². The molecule has 0 radical (unpaired) electrons. The molecule has 6 heteroatoms. The van der Waals surface area contributed by atoms with Crippen LogP contribution in [0.25, 0.3) is 0 Å². The van der Waals surface area contributed by atoms with Gasteiger partial charge in [-0.05, 0) is 57.3 Å². The van der Waals surface area contributed by atoms with Gasteiger partial charge in [-0.25, -0.2) is 4.79 Å². The van der Waals surface area contributed by atoms with Crippen LogP contribution in [0.2, 0.25) is 0 Å². The first-order chi connectivity index (χ1) is 8.76. The third kappa shape index (κ3) is 6.61. The minimum atomic E-state index is -1.00. The number of thiocarbonyl (C=S) groups is 1. The Morgan fingerprint density at radius 2 is 1.89 bits per heavy atom. The molecule has 0 aliphatic rings. The molecule has 0 fully saturated rings. The van der Waals surface area contributed by atoms with Crippen LogP contribution in [0.3, 0.4) is 0 Å². The summed E-state index contributed by atoms with van der Waals surface area (Å²) in [6, 6.07) is 6.91. The number of nitrogens with one attached hydrogen (secondary N) is 2. The number of carboxylic acids is 1. The van der Waals surface area contributed by atoms with Crippen LogP contribution in [0.5, 0.6) is 5.75 Å². The highest BCUT2D eigenvalue weighted by Gasteiger charge is 2.10. The highest BCUT2D eigenvalue weighted by molar-refractivity contribution is 7.80. The molecule has 1 aromatic rings. The molecule has 0 amide bonds. The van der Waals surface area contributed by atoms with E-state index in [-0.39, 0.29) is 12.1 Å². The van der Waals surface area contributed by atoms with Gasteiger partial charge in [0.25, 0.3) is 0 Å². The second-order valence-corrected chi connectivity index (χ2v) is 5.44. The summed E-state index contributed by atoms with van der Waals surface area (Å²) in [6.07, 6.45) is 0. The van der Waals surface area contributed by atoms with E-state index in [2.05, 4.69) is 10.6 Å². The van der Waals surface area contributed by atoms with Gasteiger partial charge in [-0.15, -0.1) is 0 Å². The van der Waals surface area contributed by atoms with Crippen molar-refractivity contribution in [3.63, 3.8) is 0 Å². The molecule has 0 bridgehead atoms. The average Bonchev–Trinajstić information content (AvgIpc) is 2.25. The first-order valence-corrected chi connectivity index (χ1v) is 6.21. The predicted octanol–water partition coefficient (Wildman–Crippen LogP) is 2.23. The van der Waals surface area contributed by atoms with Crippen molar-refractivity contribution >= 4 is 29.0 Å². The van der Waals surface area contributed by atoms with Gasteiger partial charge in [0.2, 0.25) is 0 Å². The summed E-state index contributed by atoms with van der Waals surface area (Å²) >= 11 is 5.17. The fraction of sp³-hybridized carbons (Fsp3) is 0.385. The molecule has 1 aromatic carbocycles. The molecule has 0 unspecified atom stereocenters. The van der Waals surface area contributed by atoms with Crippen molar-refractivity contribution in [1.82, 2.24) is 5.32 Å². The topological polar surface area (TPSA) is 70.6 Å². The van der Waals surface area contributed by atoms with E-state index >= 15 is 0 Å². The molecule has 3 N–H and O–H groups in total. The van der Waals surface area contributed by atoms with Gasteiger partial charge in [-0.3, -0.25) is 0 Å². The lowest BCUT2D eigenvalue weighted by Crippen LogP contribution is -2.42. The summed E-state index contributed by atoms with van der Waals surface area (Å²) in [7, 11) is 0. The van der Waals surface area contributed by atoms with E-state index in [1.165, 1.54) is 0 Å². The molecule has 0 heterocycles.